The fraction of sp³-hybridized carbons (Fsp3) is 0.355. The van der Waals surface area contributed by atoms with Crippen LogP contribution in [0.25, 0.3) is 5.70 Å². The quantitative estimate of drug-likeness (QED) is 0.116. The molecule has 42 heavy (non-hydrogen) atoms. The van der Waals surface area contributed by atoms with Gasteiger partial charge in [-0.1, -0.05) is 29.8 Å². The number of urea groups is 1. The summed E-state index contributed by atoms with van der Waals surface area (Å²) in [6.07, 6.45) is 8.08. The number of hydrogen-bond donors (Lipinski definition) is 6. The van der Waals surface area contributed by atoms with Crippen LogP contribution in [0.5, 0.6) is 0 Å². The van der Waals surface area contributed by atoms with E-state index < -0.39 is 12.0 Å². The first-order valence-electron chi connectivity index (χ1n) is 14.1. The summed E-state index contributed by atoms with van der Waals surface area (Å²) in [4.78, 5) is 18.7. The molecule has 224 valence electrons. The van der Waals surface area contributed by atoms with Crippen molar-refractivity contribution in [2.45, 2.75) is 70.4 Å². The second-order valence-electron chi connectivity index (χ2n) is 10.9. The molecule has 0 spiro atoms. The molecule has 0 saturated heterocycles. The van der Waals surface area contributed by atoms with Crippen LogP contribution in [0.1, 0.15) is 49.8 Å². The van der Waals surface area contributed by atoms with Gasteiger partial charge in [0.25, 0.3) is 0 Å². The van der Waals surface area contributed by atoms with Gasteiger partial charge in [0.2, 0.25) is 0 Å². The van der Waals surface area contributed by atoms with Crippen LogP contribution in [-0.2, 0) is 13.0 Å². The van der Waals surface area contributed by atoms with E-state index in [2.05, 4.69) is 34.4 Å². The SMILES string of the molecule is C=CC(CC(C)NCc1ccc(N2C=C3C=C(c4cc(CCCC(C)N)cc(Cl)c4F)NC3NC2=O)cc1)N=C(N)N. The number of anilines is 1. The van der Waals surface area contributed by atoms with Crippen molar-refractivity contribution in [2.24, 2.45) is 22.2 Å². The zero-order chi connectivity index (χ0) is 30.4. The zero-order valence-corrected chi connectivity index (χ0v) is 24.8. The number of carbonyl (C=O) groups is 1. The largest absolute Gasteiger partial charge is 0.370 e. The Morgan fingerprint density at radius 3 is 2.62 bits per heavy atom. The van der Waals surface area contributed by atoms with Crippen molar-refractivity contribution >= 4 is 35.0 Å². The molecule has 0 aromatic heterocycles. The predicted octanol–water partition coefficient (Wildman–Crippen LogP) is 4.23. The molecule has 0 bridgehead atoms. The van der Waals surface area contributed by atoms with Gasteiger partial charge in [0.1, 0.15) is 6.17 Å². The Kier molecular flexibility index (Phi) is 10.3. The lowest BCUT2D eigenvalue weighted by molar-refractivity contribution is 0.244. The normalized spacial score (nSPS) is 18.2. The van der Waals surface area contributed by atoms with Gasteiger partial charge in [-0.2, -0.15) is 0 Å². The number of carbonyl (C=O) groups excluding carboxylic acids is 1. The number of guanidine groups is 1. The number of aryl methyl sites for hydroxylation is 1. The number of amides is 2. The van der Waals surface area contributed by atoms with Gasteiger partial charge in [0, 0.05) is 41.7 Å². The number of nitrogens with zero attached hydrogens (tertiary/aromatic N) is 2. The Balaban J connectivity index is 1.44. The molecule has 0 fully saturated rings. The summed E-state index contributed by atoms with van der Waals surface area (Å²) in [5.74, 6) is -0.455. The van der Waals surface area contributed by atoms with E-state index >= 15 is 4.39 Å². The molecular formula is C31H40ClFN8O. The number of fused-ring (bicyclic) bond motifs is 1. The molecule has 0 aliphatic carbocycles. The number of nitrogens with one attached hydrogen (secondary N) is 3. The third kappa shape index (κ3) is 7.90. The Hall–Kier alpha value is -3.86. The van der Waals surface area contributed by atoms with Crippen LogP contribution >= 0.6 is 11.6 Å². The molecule has 4 atom stereocenters. The maximum atomic E-state index is 15.1. The van der Waals surface area contributed by atoms with Crippen molar-refractivity contribution in [1.82, 2.24) is 16.0 Å². The first-order chi connectivity index (χ1) is 20.0. The summed E-state index contributed by atoms with van der Waals surface area (Å²) in [6, 6.07) is 11.0. The smallest absolute Gasteiger partial charge is 0.327 e. The minimum absolute atomic E-state index is 0.0420. The van der Waals surface area contributed by atoms with Crippen molar-refractivity contribution < 1.29 is 9.18 Å². The molecule has 2 aliphatic rings. The Morgan fingerprint density at radius 1 is 1.21 bits per heavy atom. The lowest BCUT2D eigenvalue weighted by atomic mass is 10.0. The van der Waals surface area contributed by atoms with Crippen LogP contribution in [0.3, 0.4) is 0 Å². The van der Waals surface area contributed by atoms with Crippen LogP contribution in [0.2, 0.25) is 5.02 Å². The molecule has 2 aromatic carbocycles. The highest BCUT2D eigenvalue weighted by Crippen LogP contribution is 2.32. The van der Waals surface area contributed by atoms with Crippen molar-refractivity contribution in [3.63, 3.8) is 0 Å². The van der Waals surface area contributed by atoms with Gasteiger partial charge in [-0.3, -0.25) is 4.90 Å². The van der Waals surface area contributed by atoms with Crippen LogP contribution in [0, 0.1) is 5.82 Å². The van der Waals surface area contributed by atoms with E-state index in [9.17, 15) is 4.79 Å². The number of nitrogens with two attached hydrogens (primary N) is 3. The molecule has 4 rings (SSSR count). The van der Waals surface area contributed by atoms with E-state index in [1.165, 1.54) is 0 Å². The molecule has 0 radical (unpaired) electrons. The van der Waals surface area contributed by atoms with Gasteiger partial charge < -0.3 is 33.2 Å². The maximum absolute atomic E-state index is 15.1. The third-order valence-electron chi connectivity index (χ3n) is 7.26. The molecule has 9 N–H and O–H groups in total. The summed E-state index contributed by atoms with van der Waals surface area (Å²) in [5, 5.41) is 9.70. The lowest BCUT2D eigenvalue weighted by Gasteiger charge is -2.29. The summed E-state index contributed by atoms with van der Waals surface area (Å²) >= 11 is 6.25. The van der Waals surface area contributed by atoms with Gasteiger partial charge in [0.05, 0.1) is 16.8 Å². The number of benzene rings is 2. The van der Waals surface area contributed by atoms with Crippen LogP contribution in [0.4, 0.5) is 14.9 Å². The number of rotatable bonds is 13. The highest BCUT2D eigenvalue weighted by Gasteiger charge is 2.32. The number of hydrogen-bond acceptors (Lipinski definition) is 5. The zero-order valence-electron chi connectivity index (χ0n) is 24.0. The molecule has 0 saturated carbocycles. The predicted molar refractivity (Wildman–Crippen MR) is 169 cm³/mol. The van der Waals surface area contributed by atoms with E-state index in [-0.39, 0.29) is 35.1 Å². The van der Waals surface area contributed by atoms with Crippen molar-refractivity contribution in [3.8, 4) is 0 Å². The second-order valence-corrected chi connectivity index (χ2v) is 11.3. The van der Waals surface area contributed by atoms with Gasteiger partial charge in [0.15, 0.2) is 11.8 Å². The fourth-order valence-corrected chi connectivity index (χ4v) is 5.27. The molecular weight excluding hydrogens is 555 g/mol. The van der Waals surface area contributed by atoms with E-state index in [0.29, 0.717) is 29.9 Å². The third-order valence-corrected chi connectivity index (χ3v) is 7.54. The highest BCUT2D eigenvalue weighted by molar-refractivity contribution is 6.31. The van der Waals surface area contributed by atoms with Gasteiger partial charge >= 0.3 is 6.03 Å². The Morgan fingerprint density at radius 2 is 1.95 bits per heavy atom. The van der Waals surface area contributed by atoms with Crippen molar-refractivity contribution in [2.75, 3.05) is 4.90 Å². The van der Waals surface area contributed by atoms with Crippen LogP contribution in [0.15, 0.2) is 71.9 Å². The molecule has 11 heteroatoms. The maximum Gasteiger partial charge on any atom is 0.327 e. The summed E-state index contributed by atoms with van der Waals surface area (Å²) in [5.41, 5.74) is 21.3. The second kappa shape index (κ2) is 13.9. The Labute approximate surface area is 251 Å². The number of halogens is 2. The van der Waals surface area contributed by atoms with E-state index in [4.69, 9.17) is 28.8 Å². The first kappa shape index (κ1) is 31.1. The fourth-order valence-electron chi connectivity index (χ4n) is 5.03. The van der Waals surface area contributed by atoms with Gasteiger partial charge in [-0.25, -0.2) is 14.2 Å². The molecule has 2 heterocycles. The first-order valence-corrected chi connectivity index (χ1v) is 14.5. The monoisotopic (exact) mass is 594 g/mol. The summed E-state index contributed by atoms with van der Waals surface area (Å²) < 4.78 is 15.1. The van der Waals surface area contributed by atoms with Crippen molar-refractivity contribution in [3.05, 3.63) is 94.4 Å². The Bertz CT molecular complexity index is 1380. The summed E-state index contributed by atoms with van der Waals surface area (Å²) in [7, 11) is 0. The molecule has 2 aliphatic heterocycles. The van der Waals surface area contributed by atoms with E-state index in [1.54, 1.807) is 23.2 Å². The standard InChI is InChI=1S/C31H40ClFN8O/c1-4-23(38-30(35)36)12-19(3)37-16-20-8-10-24(11-9-20)41-17-22-15-27(39-29(22)40-31(41)42)25-13-21(7-5-6-18(2)34)14-26(32)28(25)33/h4,8-11,13-15,17-19,23,29,37,39H,1,5-7,12,16,34H2,2-3H3,(H,40,42)(H4,35,36,38). The van der Waals surface area contributed by atoms with Crippen LogP contribution < -0.4 is 38.1 Å². The molecule has 4 unspecified atom stereocenters. The minimum atomic E-state index is -0.497. The average Bonchev–Trinajstić information content (AvgIpc) is 3.35. The molecule has 9 nitrogen and oxygen atoms in total. The average molecular weight is 595 g/mol. The highest BCUT2D eigenvalue weighted by atomic mass is 35.5. The van der Waals surface area contributed by atoms with Gasteiger partial charge in [-0.05, 0) is 81.0 Å². The van der Waals surface area contributed by atoms with Crippen LogP contribution in [-0.4, -0.2) is 36.3 Å². The molecule has 2 aromatic rings. The van der Waals surface area contributed by atoms with Crippen molar-refractivity contribution in [1.29, 1.82) is 0 Å². The van der Waals surface area contributed by atoms with Gasteiger partial charge in [-0.15, -0.1) is 6.58 Å². The van der Waals surface area contributed by atoms with E-state index in [0.717, 1.165) is 36.0 Å². The lowest BCUT2D eigenvalue weighted by Crippen LogP contribution is -2.51. The van der Waals surface area contributed by atoms with E-state index in [1.807, 2.05) is 43.3 Å². The molecule has 2 amide bonds. The summed E-state index contributed by atoms with van der Waals surface area (Å²) in [6.45, 7) is 8.45. The minimum Gasteiger partial charge on any atom is -0.370 e. The number of aliphatic imine (C=N–C) groups is 1. The topological polar surface area (TPSA) is 147 Å².